The van der Waals surface area contributed by atoms with Crippen molar-refractivity contribution in [3.63, 3.8) is 0 Å². The number of ketones is 1. The maximum absolute atomic E-state index is 13.5. The molecule has 0 aliphatic carbocycles. The molecule has 6 heteroatoms. The highest BCUT2D eigenvalue weighted by Crippen LogP contribution is 2.18. The lowest BCUT2D eigenvalue weighted by Gasteiger charge is -2.02. The van der Waals surface area contributed by atoms with Crippen LogP contribution in [0.4, 0.5) is 4.39 Å². The van der Waals surface area contributed by atoms with Gasteiger partial charge >= 0.3 is 0 Å². The molecule has 88 valence electrons. The number of carbonyl (C=O) groups is 1. The molecule has 0 spiro atoms. The minimum atomic E-state index is -0.471. The van der Waals surface area contributed by atoms with E-state index in [4.69, 9.17) is 11.6 Å². The maximum Gasteiger partial charge on any atom is 0.180 e. The topological polar surface area (TPSA) is 42.9 Å². The molecule has 0 N–H and O–H groups in total. The van der Waals surface area contributed by atoms with Gasteiger partial charge in [-0.1, -0.05) is 22.2 Å². The molecule has 0 bridgehead atoms. The van der Waals surface area contributed by atoms with E-state index in [1.165, 1.54) is 12.1 Å². The fourth-order valence-corrected chi connectivity index (χ4v) is 2.16. The zero-order chi connectivity index (χ0) is 12.4. The second-order valence-electron chi connectivity index (χ2n) is 3.52. The van der Waals surface area contributed by atoms with Gasteiger partial charge in [-0.25, -0.2) is 4.39 Å². The number of benzene rings is 1. The Morgan fingerprint density at radius 2 is 2.29 bits per heavy atom. The number of halogens is 2. The van der Waals surface area contributed by atoms with Crippen molar-refractivity contribution in [3.8, 4) is 0 Å². The third-order valence-electron chi connectivity index (χ3n) is 2.27. The highest BCUT2D eigenvalue weighted by Gasteiger charge is 2.15. The number of aryl methyl sites for hydroxylation is 1. The van der Waals surface area contributed by atoms with Gasteiger partial charge in [0.15, 0.2) is 5.78 Å². The summed E-state index contributed by atoms with van der Waals surface area (Å²) >= 11 is 6.66. The van der Waals surface area contributed by atoms with Crippen LogP contribution in [-0.4, -0.2) is 15.4 Å². The summed E-state index contributed by atoms with van der Waals surface area (Å²) in [6.45, 7) is 1.70. The fourth-order valence-electron chi connectivity index (χ4n) is 1.40. The number of hydrogen-bond donors (Lipinski definition) is 0. The van der Waals surface area contributed by atoms with Gasteiger partial charge in [-0.3, -0.25) is 4.79 Å². The van der Waals surface area contributed by atoms with Crippen LogP contribution in [0.5, 0.6) is 0 Å². The first kappa shape index (κ1) is 12.1. The quantitative estimate of drug-likeness (QED) is 0.805. The molecule has 0 saturated heterocycles. The Morgan fingerprint density at radius 1 is 1.53 bits per heavy atom. The molecule has 0 fully saturated rings. The van der Waals surface area contributed by atoms with Crippen molar-refractivity contribution >= 4 is 28.9 Å². The van der Waals surface area contributed by atoms with Gasteiger partial charge in [-0.2, -0.15) is 0 Å². The van der Waals surface area contributed by atoms with E-state index in [-0.39, 0.29) is 12.2 Å². The van der Waals surface area contributed by atoms with Crippen LogP contribution in [0.25, 0.3) is 0 Å². The van der Waals surface area contributed by atoms with Crippen LogP contribution in [0, 0.1) is 12.7 Å². The zero-order valence-corrected chi connectivity index (χ0v) is 10.5. The van der Waals surface area contributed by atoms with Crippen molar-refractivity contribution in [1.82, 2.24) is 9.59 Å². The molecule has 0 aliphatic rings. The average Bonchev–Trinajstić information content (AvgIpc) is 2.68. The van der Waals surface area contributed by atoms with E-state index in [2.05, 4.69) is 9.59 Å². The second-order valence-corrected chi connectivity index (χ2v) is 4.71. The molecule has 2 rings (SSSR count). The Balaban J connectivity index is 2.22. The Kier molecular flexibility index (Phi) is 3.49. The Hall–Kier alpha value is -1.33. The molecular weight excluding hydrogens is 263 g/mol. The predicted molar refractivity (Wildman–Crippen MR) is 64.1 cm³/mol. The minimum absolute atomic E-state index is 0.00623. The van der Waals surface area contributed by atoms with Crippen LogP contribution in [0.2, 0.25) is 5.02 Å². The molecule has 3 nitrogen and oxygen atoms in total. The summed E-state index contributed by atoms with van der Waals surface area (Å²) in [6, 6.07) is 4.27. The normalized spacial score (nSPS) is 10.5. The highest BCUT2D eigenvalue weighted by molar-refractivity contribution is 7.08. The number of hydrogen-bond acceptors (Lipinski definition) is 4. The summed E-state index contributed by atoms with van der Waals surface area (Å²) in [6.07, 6.45) is -0.00623. The molecule has 1 aromatic heterocycles. The van der Waals surface area contributed by atoms with Crippen molar-refractivity contribution in [2.45, 2.75) is 13.3 Å². The van der Waals surface area contributed by atoms with Gasteiger partial charge < -0.3 is 0 Å². The Bertz CT molecular complexity index is 570. The largest absolute Gasteiger partial charge is 0.293 e. The van der Waals surface area contributed by atoms with Crippen LogP contribution in [0.1, 0.15) is 20.9 Å². The van der Waals surface area contributed by atoms with Crippen LogP contribution in [-0.2, 0) is 6.42 Å². The van der Waals surface area contributed by atoms with Crippen LogP contribution in [0.3, 0.4) is 0 Å². The van der Waals surface area contributed by atoms with Crippen molar-refractivity contribution in [3.05, 3.63) is 45.2 Å². The lowest BCUT2D eigenvalue weighted by Crippen LogP contribution is -2.04. The first-order chi connectivity index (χ1) is 8.08. The van der Waals surface area contributed by atoms with Crippen molar-refractivity contribution in [1.29, 1.82) is 0 Å². The highest BCUT2D eigenvalue weighted by atomic mass is 35.5. The van der Waals surface area contributed by atoms with Gasteiger partial charge in [0, 0.05) is 11.4 Å². The van der Waals surface area contributed by atoms with E-state index in [1.54, 1.807) is 13.0 Å². The van der Waals surface area contributed by atoms with Gasteiger partial charge in [-0.05, 0) is 36.2 Å². The van der Waals surface area contributed by atoms with Gasteiger partial charge in [0.25, 0.3) is 0 Å². The van der Waals surface area contributed by atoms with Gasteiger partial charge in [-0.15, -0.1) is 5.10 Å². The lowest BCUT2D eigenvalue weighted by atomic mass is 10.1. The second kappa shape index (κ2) is 4.89. The van der Waals surface area contributed by atoms with E-state index < -0.39 is 5.82 Å². The summed E-state index contributed by atoms with van der Waals surface area (Å²) in [5.74, 6) is -0.653. The van der Waals surface area contributed by atoms with Gasteiger partial charge in [0.1, 0.15) is 10.7 Å². The van der Waals surface area contributed by atoms with E-state index >= 15 is 0 Å². The molecule has 2 aromatic rings. The molecule has 1 aromatic carbocycles. The number of nitrogens with zero attached hydrogens (tertiary/aromatic N) is 2. The molecule has 0 atom stereocenters. The molecule has 0 saturated carbocycles. The number of aromatic nitrogens is 2. The van der Waals surface area contributed by atoms with E-state index in [9.17, 15) is 9.18 Å². The lowest BCUT2D eigenvalue weighted by molar-refractivity contribution is 0.0995. The smallest absolute Gasteiger partial charge is 0.180 e. The third kappa shape index (κ3) is 2.68. The van der Waals surface area contributed by atoms with E-state index in [0.29, 0.717) is 21.2 Å². The maximum atomic E-state index is 13.5. The molecule has 1 heterocycles. The van der Waals surface area contributed by atoms with E-state index in [1.807, 2.05) is 0 Å². The number of carbonyl (C=O) groups excluding carboxylic acids is 1. The van der Waals surface area contributed by atoms with Crippen molar-refractivity contribution in [2.75, 3.05) is 0 Å². The molecular formula is C11H8ClFN2OS. The summed E-state index contributed by atoms with van der Waals surface area (Å²) in [4.78, 5) is 12.3. The van der Waals surface area contributed by atoms with Crippen LogP contribution >= 0.6 is 23.1 Å². The zero-order valence-electron chi connectivity index (χ0n) is 8.91. The predicted octanol–water partition coefficient (Wildman–Crippen LogP) is 3.06. The summed E-state index contributed by atoms with van der Waals surface area (Å²) in [5.41, 5.74) is 0.904. The fraction of sp³-hybridized carbons (Fsp3) is 0.182. The molecule has 0 radical (unpaired) electrons. The number of rotatable bonds is 3. The number of Topliss-reactive ketones (excluding diaryl/α,β-unsaturated/α-hetero) is 1. The first-order valence-corrected chi connectivity index (χ1v) is 5.99. The monoisotopic (exact) mass is 270 g/mol. The Morgan fingerprint density at radius 3 is 2.88 bits per heavy atom. The SMILES string of the molecule is Cc1nnsc1C(=O)Cc1ccc(Cl)cc1F. The molecule has 0 amide bonds. The van der Waals surface area contributed by atoms with Gasteiger partial charge in [0.05, 0.1) is 5.69 Å². The first-order valence-electron chi connectivity index (χ1n) is 4.84. The van der Waals surface area contributed by atoms with Crippen molar-refractivity contribution < 1.29 is 9.18 Å². The van der Waals surface area contributed by atoms with E-state index in [0.717, 1.165) is 11.5 Å². The molecule has 17 heavy (non-hydrogen) atoms. The molecule has 0 unspecified atom stereocenters. The van der Waals surface area contributed by atoms with Crippen LogP contribution in [0.15, 0.2) is 18.2 Å². The Labute approximate surface area is 106 Å². The molecule has 0 aliphatic heterocycles. The average molecular weight is 271 g/mol. The minimum Gasteiger partial charge on any atom is -0.293 e. The summed E-state index contributed by atoms with van der Waals surface area (Å²) < 4.78 is 17.2. The third-order valence-corrected chi connectivity index (χ3v) is 3.37. The van der Waals surface area contributed by atoms with Crippen molar-refractivity contribution in [2.24, 2.45) is 0 Å². The summed E-state index contributed by atoms with van der Waals surface area (Å²) in [5, 5.41) is 4.06. The van der Waals surface area contributed by atoms with Crippen LogP contribution < -0.4 is 0 Å². The standard InChI is InChI=1S/C11H8ClFN2OS/c1-6-11(17-15-14-6)10(16)4-7-2-3-8(12)5-9(7)13/h2-3,5H,4H2,1H3. The summed E-state index contributed by atoms with van der Waals surface area (Å²) in [7, 11) is 0. The van der Waals surface area contributed by atoms with Gasteiger partial charge in [0.2, 0.25) is 0 Å².